The summed E-state index contributed by atoms with van der Waals surface area (Å²) >= 11 is 0. The summed E-state index contributed by atoms with van der Waals surface area (Å²) in [6, 6.07) is 0. The highest BCUT2D eigenvalue weighted by Crippen LogP contribution is 2.20. The van der Waals surface area contributed by atoms with Crippen LogP contribution < -0.4 is 5.73 Å². The van der Waals surface area contributed by atoms with Crippen molar-refractivity contribution in [3.63, 3.8) is 0 Å². The Balaban J connectivity index is 2.25. The van der Waals surface area contributed by atoms with Crippen LogP contribution in [0.15, 0.2) is 6.20 Å². The van der Waals surface area contributed by atoms with E-state index in [1.54, 1.807) is 0 Å². The summed E-state index contributed by atoms with van der Waals surface area (Å²) < 4.78 is 6.84. The van der Waals surface area contributed by atoms with E-state index in [9.17, 15) is 4.79 Å². The largest absolute Gasteiger partial charge is 0.468 e. The molecule has 0 bridgehead atoms. The van der Waals surface area contributed by atoms with Crippen LogP contribution in [0.3, 0.4) is 0 Å². The molecule has 1 aromatic rings. The van der Waals surface area contributed by atoms with Crippen LogP contribution in [-0.4, -0.2) is 29.2 Å². The highest BCUT2D eigenvalue weighted by atomic mass is 16.5. The van der Waals surface area contributed by atoms with Gasteiger partial charge in [0.25, 0.3) is 0 Å². The van der Waals surface area contributed by atoms with Crippen molar-refractivity contribution >= 4 is 5.97 Å². The second kappa shape index (κ2) is 4.65. The lowest BCUT2D eigenvalue weighted by Crippen LogP contribution is -2.23. The van der Waals surface area contributed by atoms with E-state index in [0.29, 0.717) is 0 Å². The molecule has 0 spiro atoms. The van der Waals surface area contributed by atoms with Crippen LogP contribution >= 0.6 is 0 Å². The van der Waals surface area contributed by atoms with Crippen molar-refractivity contribution in [3.05, 3.63) is 17.7 Å². The fourth-order valence-electron chi connectivity index (χ4n) is 2.08. The summed E-state index contributed by atoms with van der Waals surface area (Å²) in [6.07, 6.45) is 5.26. The summed E-state index contributed by atoms with van der Waals surface area (Å²) in [7, 11) is 1.38. The first-order valence-electron chi connectivity index (χ1n) is 5.60. The fraction of sp³-hybridized carbons (Fsp3) is 0.636. The number of aryl methyl sites for hydroxylation is 2. The van der Waals surface area contributed by atoms with Crippen LogP contribution in [0.1, 0.15) is 30.3 Å². The van der Waals surface area contributed by atoms with Crippen molar-refractivity contribution in [3.8, 4) is 0 Å². The number of nitrogens with two attached hydrogens (primary N) is 1. The van der Waals surface area contributed by atoms with Crippen molar-refractivity contribution in [2.24, 2.45) is 5.73 Å². The van der Waals surface area contributed by atoms with Crippen LogP contribution in [0.25, 0.3) is 0 Å². The minimum Gasteiger partial charge on any atom is -0.468 e. The van der Waals surface area contributed by atoms with Crippen LogP contribution in [-0.2, 0) is 22.5 Å². The first-order chi connectivity index (χ1) is 7.76. The number of methoxy groups -OCH3 is 1. The zero-order valence-electron chi connectivity index (χ0n) is 9.48. The number of imidazole rings is 1. The molecule has 1 aromatic heterocycles. The highest BCUT2D eigenvalue weighted by molar-refractivity contribution is 5.77. The smallest absolute Gasteiger partial charge is 0.316 e. The standard InChI is InChI=1S/C11H17N3O2/c1-16-11(15)8(6-12)9-7-14-5-3-2-4-10(14)13-9/h7-8H,2-6,12H2,1H3. The average molecular weight is 223 g/mol. The summed E-state index contributed by atoms with van der Waals surface area (Å²) in [5.74, 6) is 0.324. The molecule has 0 fully saturated rings. The third-order valence-electron chi connectivity index (χ3n) is 3.01. The molecule has 1 aliphatic rings. The molecule has 5 nitrogen and oxygen atoms in total. The van der Waals surface area contributed by atoms with Gasteiger partial charge in [-0.15, -0.1) is 0 Å². The Morgan fingerprint density at radius 3 is 3.12 bits per heavy atom. The van der Waals surface area contributed by atoms with Crippen LogP contribution in [0.5, 0.6) is 0 Å². The molecule has 1 aliphatic heterocycles. The van der Waals surface area contributed by atoms with Gasteiger partial charge in [0, 0.05) is 25.7 Å². The number of hydrogen-bond donors (Lipinski definition) is 1. The van der Waals surface area contributed by atoms with Crippen molar-refractivity contribution < 1.29 is 9.53 Å². The predicted molar refractivity (Wildman–Crippen MR) is 59.0 cm³/mol. The first-order valence-corrected chi connectivity index (χ1v) is 5.60. The molecule has 0 saturated heterocycles. The van der Waals surface area contributed by atoms with Crippen LogP contribution in [0.2, 0.25) is 0 Å². The lowest BCUT2D eigenvalue weighted by molar-refractivity contribution is -0.142. The second-order valence-corrected chi connectivity index (χ2v) is 4.04. The topological polar surface area (TPSA) is 70.1 Å². The zero-order chi connectivity index (χ0) is 11.5. The summed E-state index contributed by atoms with van der Waals surface area (Å²) in [5, 5.41) is 0. The number of esters is 1. The van der Waals surface area contributed by atoms with Crippen molar-refractivity contribution in [1.29, 1.82) is 0 Å². The molecule has 2 rings (SSSR count). The number of hydrogen-bond acceptors (Lipinski definition) is 4. The summed E-state index contributed by atoms with van der Waals surface area (Å²) in [4.78, 5) is 16.0. The van der Waals surface area contributed by atoms with Gasteiger partial charge in [-0.3, -0.25) is 4.79 Å². The van der Waals surface area contributed by atoms with E-state index in [4.69, 9.17) is 10.5 Å². The molecule has 0 amide bonds. The van der Waals surface area contributed by atoms with Gasteiger partial charge in [0.1, 0.15) is 11.7 Å². The fourth-order valence-corrected chi connectivity index (χ4v) is 2.08. The van der Waals surface area contributed by atoms with Gasteiger partial charge >= 0.3 is 5.97 Å². The number of fused-ring (bicyclic) bond motifs is 1. The summed E-state index contributed by atoms with van der Waals surface area (Å²) in [5.41, 5.74) is 6.33. The molecule has 0 saturated carbocycles. The second-order valence-electron chi connectivity index (χ2n) is 4.04. The lowest BCUT2D eigenvalue weighted by atomic mass is 10.1. The maximum absolute atomic E-state index is 11.5. The number of rotatable bonds is 3. The van der Waals surface area contributed by atoms with Crippen molar-refractivity contribution in [2.45, 2.75) is 31.7 Å². The maximum atomic E-state index is 11.5. The Morgan fingerprint density at radius 2 is 2.50 bits per heavy atom. The number of aromatic nitrogens is 2. The van der Waals surface area contributed by atoms with E-state index in [-0.39, 0.29) is 12.5 Å². The third kappa shape index (κ3) is 1.95. The molecule has 0 aliphatic carbocycles. The normalized spacial score (nSPS) is 16.6. The van der Waals surface area contributed by atoms with Gasteiger partial charge in [-0.05, 0) is 12.8 Å². The Bertz CT molecular complexity index is 363. The number of nitrogens with zero attached hydrogens (tertiary/aromatic N) is 2. The molecule has 16 heavy (non-hydrogen) atoms. The Kier molecular flexibility index (Phi) is 3.24. The predicted octanol–water partition coefficient (Wildman–Crippen LogP) is 0.435. The summed E-state index contributed by atoms with van der Waals surface area (Å²) in [6.45, 7) is 1.23. The Labute approximate surface area is 94.6 Å². The average Bonchev–Trinajstić information content (AvgIpc) is 2.72. The Hall–Kier alpha value is -1.36. The minimum atomic E-state index is -0.428. The van der Waals surface area contributed by atoms with Gasteiger partial charge in [0.05, 0.1) is 12.8 Å². The van der Waals surface area contributed by atoms with E-state index in [1.807, 2.05) is 6.20 Å². The molecular weight excluding hydrogens is 206 g/mol. The molecule has 2 heterocycles. The number of carbonyl (C=O) groups excluding carboxylic acids is 1. The van der Waals surface area contributed by atoms with Crippen molar-refractivity contribution in [2.75, 3.05) is 13.7 Å². The van der Waals surface area contributed by atoms with Crippen molar-refractivity contribution in [1.82, 2.24) is 9.55 Å². The number of ether oxygens (including phenoxy) is 1. The Morgan fingerprint density at radius 1 is 1.69 bits per heavy atom. The van der Waals surface area contributed by atoms with Gasteiger partial charge in [0.2, 0.25) is 0 Å². The van der Waals surface area contributed by atoms with E-state index in [2.05, 4.69) is 9.55 Å². The quantitative estimate of drug-likeness (QED) is 0.755. The van der Waals surface area contributed by atoms with Gasteiger partial charge in [0.15, 0.2) is 0 Å². The SMILES string of the molecule is COC(=O)C(CN)c1cn2c(n1)CCCC2. The van der Waals surface area contributed by atoms with Gasteiger partial charge in [-0.1, -0.05) is 0 Å². The molecule has 2 N–H and O–H groups in total. The van der Waals surface area contributed by atoms with Crippen LogP contribution in [0, 0.1) is 0 Å². The van der Waals surface area contributed by atoms with Crippen LogP contribution in [0.4, 0.5) is 0 Å². The van der Waals surface area contributed by atoms with E-state index < -0.39 is 5.92 Å². The molecule has 1 atom stereocenters. The van der Waals surface area contributed by atoms with E-state index >= 15 is 0 Å². The third-order valence-corrected chi connectivity index (χ3v) is 3.01. The first kappa shape index (κ1) is 11.1. The molecule has 0 radical (unpaired) electrons. The molecule has 88 valence electrons. The molecular formula is C11H17N3O2. The van der Waals surface area contributed by atoms with Gasteiger partial charge in [-0.2, -0.15) is 0 Å². The zero-order valence-corrected chi connectivity index (χ0v) is 9.48. The maximum Gasteiger partial charge on any atom is 0.316 e. The monoisotopic (exact) mass is 223 g/mol. The van der Waals surface area contributed by atoms with Gasteiger partial charge < -0.3 is 15.0 Å². The highest BCUT2D eigenvalue weighted by Gasteiger charge is 2.24. The van der Waals surface area contributed by atoms with Gasteiger partial charge in [-0.25, -0.2) is 4.98 Å². The molecule has 0 aromatic carbocycles. The van der Waals surface area contributed by atoms with E-state index in [0.717, 1.165) is 24.5 Å². The molecule has 1 unspecified atom stereocenters. The lowest BCUT2D eigenvalue weighted by Gasteiger charge is -2.11. The van der Waals surface area contributed by atoms with E-state index in [1.165, 1.54) is 20.0 Å². The number of carbonyl (C=O) groups is 1. The molecule has 5 heteroatoms. The minimum absolute atomic E-state index is 0.239.